The van der Waals surface area contributed by atoms with Crippen molar-refractivity contribution >= 4 is 19.1 Å². The van der Waals surface area contributed by atoms with Crippen LogP contribution in [0.1, 0.15) is 93.4 Å². The van der Waals surface area contributed by atoms with Crippen molar-refractivity contribution in [1.82, 2.24) is 0 Å². The summed E-state index contributed by atoms with van der Waals surface area (Å²) in [6.45, 7) is 27.1. The van der Waals surface area contributed by atoms with E-state index in [1.807, 2.05) is 0 Å². The van der Waals surface area contributed by atoms with Gasteiger partial charge in [-0.1, -0.05) is 0 Å². The van der Waals surface area contributed by atoms with Crippen molar-refractivity contribution in [1.29, 1.82) is 0 Å². The third kappa shape index (κ3) is 3.70. The molecule has 2 heteroatoms. The van der Waals surface area contributed by atoms with Gasteiger partial charge in [0.1, 0.15) is 0 Å². The van der Waals surface area contributed by atoms with E-state index in [1.165, 1.54) is 66.8 Å². The minimum atomic E-state index is -5.56. The van der Waals surface area contributed by atoms with Crippen LogP contribution in [0.2, 0.25) is 15.7 Å². The van der Waals surface area contributed by atoms with Crippen molar-refractivity contribution in [3.63, 3.8) is 0 Å². The summed E-state index contributed by atoms with van der Waals surface area (Å²) < 4.78 is 6.50. The Bertz CT molecular complexity index is 1960. The average Bonchev–Trinajstić information content (AvgIpc) is 3.57. The molecule has 240 valence electrons. The van der Waals surface area contributed by atoms with E-state index in [9.17, 15) is 0 Å². The maximum absolute atomic E-state index is 5.56. The first kappa shape index (κ1) is 33.4. The Morgan fingerprint density at radius 3 is 1.15 bits per heavy atom. The molecule has 2 atom stereocenters. The molecule has 0 saturated heterocycles. The summed E-state index contributed by atoms with van der Waals surface area (Å²) in [6.07, 6.45) is 10.4. The molecule has 46 heavy (non-hydrogen) atoms. The molecule has 0 spiro atoms. The molecule has 4 aromatic rings. The molecule has 0 amide bonds. The van der Waals surface area contributed by atoms with Crippen LogP contribution in [-0.2, 0) is 14.2 Å². The molecule has 0 saturated carbocycles. The van der Waals surface area contributed by atoms with E-state index in [4.69, 9.17) is 0 Å². The van der Waals surface area contributed by atoms with E-state index in [0.717, 1.165) is 0 Å². The summed E-state index contributed by atoms with van der Waals surface area (Å²) in [5.41, 5.74) is 16.6. The van der Waals surface area contributed by atoms with Crippen molar-refractivity contribution in [3.8, 4) is 22.3 Å². The van der Waals surface area contributed by atoms with Gasteiger partial charge in [0.05, 0.1) is 0 Å². The van der Waals surface area contributed by atoms with Gasteiger partial charge in [0.15, 0.2) is 0 Å². The van der Waals surface area contributed by atoms with Crippen LogP contribution in [0.3, 0.4) is 0 Å². The normalized spacial score (nSPS) is 20.0. The standard InChI is InChI=1S/2C17H15.2C4H9.2CH3.Hf.H2Si/c2*1-12-9-13(2)11-15(10-12)17-8-4-6-14-5-3-7-16(14)17;2*1-4(2)3;;;;/h2*3-11H,1-2H3;2*1-3H3;2*1H3;;1H2. The zero-order valence-electron chi connectivity index (χ0n) is 30.6. The zero-order valence-corrected chi connectivity index (χ0v) is 35.6. The number of hydrogen-bond acceptors (Lipinski definition) is 0. The molecular weight excluding hydrogens is 735 g/mol. The second-order valence-corrected chi connectivity index (χ2v) is 94.7. The summed E-state index contributed by atoms with van der Waals surface area (Å²) in [4.78, 5) is 0. The van der Waals surface area contributed by atoms with Gasteiger partial charge in [-0.2, -0.15) is 0 Å². The predicted octanol–water partition coefficient (Wildman–Crippen LogP) is 12.9. The first-order valence-electron chi connectivity index (χ1n) is 17.4. The van der Waals surface area contributed by atoms with Crippen molar-refractivity contribution in [2.45, 2.75) is 92.3 Å². The monoisotopic (exact) mass is 792 g/mol. The van der Waals surface area contributed by atoms with Gasteiger partial charge in [-0.05, 0) is 0 Å². The van der Waals surface area contributed by atoms with Crippen molar-refractivity contribution < 1.29 is 14.2 Å². The quantitative estimate of drug-likeness (QED) is 0.181. The van der Waals surface area contributed by atoms with Crippen LogP contribution in [0.15, 0.2) is 84.9 Å². The number of rotatable bonds is 4. The van der Waals surface area contributed by atoms with Crippen LogP contribution in [0.4, 0.5) is 0 Å². The fourth-order valence-electron chi connectivity index (χ4n) is 10.8. The summed E-state index contributed by atoms with van der Waals surface area (Å²) in [7, 11) is 0. The molecule has 2 unspecified atom stereocenters. The molecule has 6 rings (SSSR count). The molecule has 0 N–H and O–H groups in total. The first-order chi connectivity index (χ1) is 21.1. The average molecular weight is 792 g/mol. The van der Waals surface area contributed by atoms with Gasteiger partial charge in [0, 0.05) is 0 Å². The molecule has 0 aromatic heterocycles. The van der Waals surface area contributed by atoms with Gasteiger partial charge < -0.3 is 0 Å². The van der Waals surface area contributed by atoms with Crippen molar-refractivity contribution in [2.75, 3.05) is 0 Å². The van der Waals surface area contributed by atoms with Crippen molar-refractivity contribution in [3.05, 3.63) is 129 Å². The Labute approximate surface area is 275 Å². The van der Waals surface area contributed by atoms with Crippen LogP contribution in [0.5, 0.6) is 0 Å². The molecule has 0 aliphatic heterocycles. The van der Waals surface area contributed by atoms with Gasteiger partial charge in [-0.15, -0.1) is 0 Å². The second-order valence-electron chi connectivity index (χ2n) is 19.5. The summed E-state index contributed by atoms with van der Waals surface area (Å²) in [5, 5.41) is 0. The Morgan fingerprint density at radius 1 is 0.522 bits per heavy atom. The summed E-state index contributed by atoms with van der Waals surface area (Å²) >= 11 is -5.56. The summed E-state index contributed by atoms with van der Waals surface area (Å²) in [5.74, 6) is 0. The number of fused-ring (bicyclic) bond motifs is 2. The first-order valence-corrected chi connectivity index (χ1v) is 40.6. The molecule has 0 bridgehead atoms. The van der Waals surface area contributed by atoms with Gasteiger partial charge in [0.25, 0.3) is 0 Å². The molecule has 0 radical (unpaired) electrons. The molecular formula is C44H56HfSi. The van der Waals surface area contributed by atoms with Gasteiger partial charge >= 0.3 is 277 Å². The van der Waals surface area contributed by atoms with E-state index in [2.05, 4.69) is 183 Å². The van der Waals surface area contributed by atoms with Crippen LogP contribution < -0.4 is 0 Å². The number of allylic oxidation sites excluding steroid dienone is 2. The molecule has 2 aliphatic rings. The molecule has 0 nitrogen and oxygen atoms in total. The summed E-state index contributed by atoms with van der Waals surface area (Å²) in [6, 6.07) is 28.3. The fraction of sp³-hybridized carbons (Fsp3) is 0.364. The molecule has 0 fully saturated rings. The van der Waals surface area contributed by atoms with E-state index < -0.39 is 14.2 Å². The van der Waals surface area contributed by atoms with E-state index in [-0.39, 0.29) is 6.34 Å². The number of benzene rings is 4. The Kier molecular flexibility index (Phi) is 6.76. The van der Waals surface area contributed by atoms with Gasteiger partial charge in [-0.25, -0.2) is 0 Å². The van der Waals surface area contributed by atoms with Crippen LogP contribution in [-0.4, -0.2) is 6.94 Å². The van der Waals surface area contributed by atoms with Gasteiger partial charge in [-0.3, -0.25) is 0 Å². The Hall–Kier alpha value is -2.55. The fourth-order valence-corrected chi connectivity index (χ4v) is 57.5. The van der Waals surface area contributed by atoms with Crippen LogP contribution in [0.25, 0.3) is 34.4 Å². The zero-order chi connectivity index (χ0) is 33.8. The molecule has 0 heterocycles. The van der Waals surface area contributed by atoms with E-state index >= 15 is 0 Å². The topological polar surface area (TPSA) is 0 Å². The van der Waals surface area contributed by atoms with E-state index in [0.29, 0.717) is 7.35 Å². The number of aryl methyl sites for hydroxylation is 4. The Balaban J connectivity index is 1.71. The second kappa shape index (κ2) is 9.32. The number of hydrogen-bond donors (Lipinski definition) is 0. The van der Waals surface area contributed by atoms with Crippen LogP contribution in [0, 0.1) is 27.7 Å². The SMILES string of the molecule is Cc1cc(C)cc(-c2cccc3c2C=C[CH]3[Hf]([CH3])([CH3])(=[SiH2])([CH]2C=Cc3c(-c4cc(C)cc(C)c4)cccc32)([C](C)(C)C)[C](C)(C)C)c1. The minimum absolute atomic E-state index is 0.0276. The predicted molar refractivity (Wildman–Crippen MR) is 206 cm³/mol. The Morgan fingerprint density at radius 2 is 0.848 bits per heavy atom. The third-order valence-electron chi connectivity index (χ3n) is 16.1. The van der Waals surface area contributed by atoms with Gasteiger partial charge in [0.2, 0.25) is 0 Å². The van der Waals surface area contributed by atoms with E-state index in [1.54, 1.807) is 0 Å². The molecule has 2 aliphatic carbocycles. The van der Waals surface area contributed by atoms with Crippen molar-refractivity contribution in [2.24, 2.45) is 0 Å². The van der Waals surface area contributed by atoms with Crippen LogP contribution >= 0.6 is 0 Å². The molecule has 4 aromatic carbocycles. The maximum atomic E-state index is 2.89. The third-order valence-corrected chi connectivity index (χ3v) is 110.